The minimum atomic E-state index is 0.195. The van der Waals surface area contributed by atoms with E-state index in [0.29, 0.717) is 11.8 Å². The van der Waals surface area contributed by atoms with E-state index in [-0.39, 0.29) is 12.3 Å². The first kappa shape index (κ1) is 11.0. The number of para-hydroxylation sites is 1. The van der Waals surface area contributed by atoms with Crippen LogP contribution >= 0.6 is 0 Å². The number of hydrogen-bond donors (Lipinski definition) is 1. The van der Waals surface area contributed by atoms with Crippen molar-refractivity contribution in [2.45, 2.75) is 6.61 Å². The van der Waals surface area contributed by atoms with Gasteiger partial charge in [-0.3, -0.25) is 0 Å². The van der Waals surface area contributed by atoms with Gasteiger partial charge < -0.3 is 14.5 Å². The number of oxazole rings is 1. The van der Waals surface area contributed by atoms with Gasteiger partial charge in [0.25, 0.3) is 0 Å². The van der Waals surface area contributed by atoms with Gasteiger partial charge in [0.1, 0.15) is 11.8 Å². The summed E-state index contributed by atoms with van der Waals surface area (Å²) in [6.45, 7) is 0.195. The zero-order valence-electron chi connectivity index (χ0n) is 9.30. The molecule has 1 aromatic carbocycles. The smallest absolute Gasteiger partial charge is 0.236 e. The predicted molar refractivity (Wildman–Crippen MR) is 61.5 cm³/mol. The largest absolute Gasteiger partial charge is 0.484 e. The summed E-state index contributed by atoms with van der Waals surface area (Å²) in [7, 11) is 1.67. The van der Waals surface area contributed by atoms with Gasteiger partial charge in [-0.05, 0) is 12.1 Å². The number of ether oxygens (including phenoxy) is 1. The fraction of sp³-hybridized carbons (Fsp3) is 0.167. The van der Waals surface area contributed by atoms with Crippen molar-refractivity contribution in [3.63, 3.8) is 0 Å². The topological polar surface area (TPSA) is 71.1 Å². The molecule has 0 aliphatic carbocycles. The number of nitrogens with zero attached hydrogens (tertiary/aromatic N) is 2. The third-order valence-electron chi connectivity index (χ3n) is 2.11. The third-order valence-corrected chi connectivity index (χ3v) is 2.11. The normalized spacial score (nSPS) is 9.65. The van der Waals surface area contributed by atoms with E-state index >= 15 is 0 Å². The van der Waals surface area contributed by atoms with Crippen LogP contribution < -0.4 is 10.1 Å². The van der Waals surface area contributed by atoms with Crippen molar-refractivity contribution in [3.05, 3.63) is 41.9 Å². The Bertz CT molecular complexity index is 528. The molecule has 0 aliphatic heterocycles. The predicted octanol–water partition coefficient (Wildman–Crippen LogP) is 2.17. The Hall–Kier alpha value is -2.48. The van der Waals surface area contributed by atoms with Gasteiger partial charge in [0.2, 0.25) is 17.5 Å². The summed E-state index contributed by atoms with van der Waals surface area (Å²) in [4.78, 5) is 4.00. The van der Waals surface area contributed by atoms with Gasteiger partial charge in [-0.25, -0.2) is 0 Å². The molecule has 0 bridgehead atoms. The molecule has 0 radical (unpaired) electrons. The van der Waals surface area contributed by atoms with Crippen molar-refractivity contribution in [1.82, 2.24) is 4.98 Å². The molecule has 2 aromatic rings. The minimum Gasteiger partial charge on any atom is -0.484 e. The Kier molecular flexibility index (Phi) is 3.26. The third kappa shape index (κ3) is 2.55. The monoisotopic (exact) mass is 229 g/mol. The summed E-state index contributed by atoms with van der Waals surface area (Å²) < 4.78 is 10.8. The molecule has 5 nitrogen and oxygen atoms in total. The highest BCUT2D eigenvalue weighted by Crippen LogP contribution is 2.17. The molecule has 17 heavy (non-hydrogen) atoms. The minimum absolute atomic E-state index is 0.195. The van der Waals surface area contributed by atoms with Crippen LogP contribution in [0.15, 0.2) is 34.7 Å². The zero-order chi connectivity index (χ0) is 12.1. The fourth-order valence-corrected chi connectivity index (χ4v) is 1.33. The summed E-state index contributed by atoms with van der Waals surface area (Å²) in [5.74, 6) is 1.46. The van der Waals surface area contributed by atoms with E-state index in [1.165, 1.54) is 0 Å². The number of nitriles is 1. The number of nitrogens with one attached hydrogen (secondary N) is 1. The van der Waals surface area contributed by atoms with Crippen molar-refractivity contribution in [2.24, 2.45) is 0 Å². The van der Waals surface area contributed by atoms with E-state index in [0.717, 1.165) is 5.75 Å². The van der Waals surface area contributed by atoms with Crippen molar-refractivity contribution >= 4 is 5.88 Å². The second-order valence-corrected chi connectivity index (χ2v) is 3.25. The van der Waals surface area contributed by atoms with Gasteiger partial charge in [-0.1, -0.05) is 18.2 Å². The molecule has 0 atom stereocenters. The molecule has 0 unspecified atom stereocenters. The zero-order valence-corrected chi connectivity index (χ0v) is 9.30. The van der Waals surface area contributed by atoms with Crippen LogP contribution in [0.5, 0.6) is 5.75 Å². The van der Waals surface area contributed by atoms with E-state index in [2.05, 4.69) is 10.3 Å². The number of benzene rings is 1. The van der Waals surface area contributed by atoms with Crippen molar-refractivity contribution in [1.29, 1.82) is 5.26 Å². The number of rotatable bonds is 4. The number of aromatic nitrogens is 1. The molecular weight excluding hydrogens is 218 g/mol. The molecule has 5 heteroatoms. The first-order valence-corrected chi connectivity index (χ1v) is 5.09. The molecule has 0 saturated carbocycles. The molecule has 1 N–H and O–H groups in total. The SMILES string of the molecule is CNc1oc(COc2ccccc2)nc1C#N. The summed E-state index contributed by atoms with van der Waals surface area (Å²) in [6, 6.07) is 11.3. The Morgan fingerprint density at radius 2 is 2.18 bits per heavy atom. The average molecular weight is 229 g/mol. The van der Waals surface area contributed by atoms with Gasteiger partial charge in [0.15, 0.2) is 6.61 Å². The molecule has 1 heterocycles. The standard InChI is InChI=1S/C12H11N3O2/c1-14-12-10(7-13)15-11(17-12)8-16-9-5-3-2-4-6-9/h2-6,14H,8H2,1H3. The van der Waals surface area contributed by atoms with Crippen LogP contribution in [0.3, 0.4) is 0 Å². The van der Waals surface area contributed by atoms with Gasteiger partial charge in [0.05, 0.1) is 0 Å². The Labute approximate surface area is 98.7 Å². The molecule has 1 aromatic heterocycles. The van der Waals surface area contributed by atoms with Crippen LogP contribution in [-0.2, 0) is 6.61 Å². The molecule has 0 saturated heterocycles. The summed E-state index contributed by atoms with van der Waals surface area (Å²) in [5, 5.41) is 11.6. The van der Waals surface area contributed by atoms with E-state index in [4.69, 9.17) is 14.4 Å². The number of anilines is 1. The molecule has 0 spiro atoms. The lowest BCUT2D eigenvalue weighted by Gasteiger charge is -2.01. The molecular formula is C12H11N3O2. The van der Waals surface area contributed by atoms with E-state index < -0.39 is 0 Å². The fourth-order valence-electron chi connectivity index (χ4n) is 1.33. The van der Waals surface area contributed by atoms with E-state index in [9.17, 15) is 0 Å². The van der Waals surface area contributed by atoms with E-state index in [1.54, 1.807) is 7.05 Å². The molecule has 2 rings (SSSR count). The second-order valence-electron chi connectivity index (χ2n) is 3.25. The lowest BCUT2D eigenvalue weighted by atomic mass is 10.3. The maximum atomic E-state index is 8.79. The maximum Gasteiger partial charge on any atom is 0.236 e. The Morgan fingerprint density at radius 1 is 1.41 bits per heavy atom. The molecule has 0 amide bonds. The van der Waals surface area contributed by atoms with Gasteiger partial charge >= 0.3 is 0 Å². The van der Waals surface area contributed by atoms with Gasteiger partial charge in [0, 0.05) is 7.05 Å². The van der Waals surface area contributed by atoms with Crippen LogP contribution in [0.25, 0.3) is 0 Å². The first-order valence-electron chi connectivity index (χ1n) is 5.09. The first-order chi connectivity index (χ1) is 8.33. The van der Waals surface area contributed by atoms with Crippen LogP contribution in [0.4, 0.5) is 5.88 Å². The van der Waals surface area contributed by atoms with Crippen molar-refractivity contribution in [2.75, 3.05) is 12.4 Å². The van der Waals surface area contributed by atoms with Gasteiger partial charge in [-0.2, -0.15) is 10.2 Å². The van der Waals surface area contributed by atoms with Crippen LogP contribution in [0, 0.1) is 11.3 Å². The lowest BCUT2D eigenvalue weighted by molar-refractivity contribution is 0.265. The second kappa shape index (κ2) is 5.03. The highest BCUT2D eigenvalue weighted by atomic mass is 16.5. The highest BCUT2D eigenvalue weighted by Gasteiger charge is 2.11. The van der Waals surface area contributed by atoms with Crippen molar-refractivity contribution in [3.8, 4) is 11.8 Å². The lowest BCUT2D eigenvalue weighted by Crippen LogP contribution is -1.95. The van der Waals surface area contributed by atoms with Crippen LogP contribution in [0.2, 0.25) is 0 Å². The average Bonchev–Trinajstić information content (AvgIpc) is 2.80. The summed E-state index contributed by atoms with van der Waals surface area (Å²) in [6.07, 6.45) is 0. The Morgan fingerprint density at radius 3 is 2.76 bits per heavy atom. The van der Waals surface area contributed by atoms with Crippen molar-refractivity contribution < 1.29 is 9.15 Å². The summed E-state index contributed by atoms with van der Waals surface area (Å²) in [5.41, 5.74) is 0.235. The maximum absolute atomic E-state index is 8.79. The quantitative estimate of drug-likeness (QED) is 0.869. The van der Waals surface area contributed by atoms with Crippen LogP contribution in [0.1, 0.15) is 11.6 Å². The van der Waals surface area contributed by atoms with E-state index in [1.807, 2.05) is 36.4 Å². The number of hydrogen-bond acceptors (Lipinski definition) is 5. The summed E-state index contributed by atoms with van der Waals surface area (Å²) >= 11 is 0. The Balaban J connectivity index is 2.05. The van der Waals surface area contributed by atoms with Gasteiger partial charge in [-0.15, -0.1) is 0 Å². The highest BCUT2D eigenvalue weighted by molar-refractivity contribution is 5.44. The molecule has 86 valence electrons. The molecule has 0 fully saturated rings. The molecule has 0 aliphatic rings. The van der Waals surface area contributed by atoms with Crippen LogP contribution in [-0.4, -0.2) is 12.0 Å².